The number of benzene rings is 1. The van der Waals surface area contributed by atoms with Gasteiger partial charge in [0.2, 0.25) is 0 Å². The van der Waals surface area contributed by atoms with Crippen molar-refractivity contribution in [1.29, 1.82) is 0 Å². The molecule has 0 aromatic heterocycles. The molecule has 0 bridgehead atoms. The van der Waals surface area contributed by atoms with E-state index >= 15 is 0 Å². The summed E-state index contributed by atoms with van der Waals surface area (Å²) in [5, 5.41) is 9.36. The monoisotopic (exact) mass is 316 g/mol. The van der Waals surface area contributed by atoms with Gasteiger partial charge in [0.05, 0.1) is 26.2 Å². The fraction of sp³-hybridized carbons (Fsp3) is 0.462. The molecular formula is C13H20N2O5S. The van der Waals surface area contributed by atoms with E-state index in [2.05, 4.69) is 9.46 Å². The summed E-state index contributed by atoms with van der Waals surface area (Å²) in [6, 6.07) is 8.02. The van der Waals surface area contributed by atoms with Gasteiger partial charge in [0.15, 0.2) is 0 Å². The van der Waals surface area contributed by atoms with Gasteiger partial charge in [-0.25, -0.2) is 0 Å². The van der Waals surface area contributed by atoms with E-state index in [1.165, 1.54) is 14.2 Å². The van der Waals surface area contributed by atoms with Crippen molar-refractivity contribution in [2.75, 3.05) is 27.3 Å². The first-order valence-electron chi connectivity index (χ1n) is 6.37. The lowest BCUT2D eigenvalue weighted by Gasteiger charge is -2.22. The van der Waals surface area contributed by atoms with Crippen molar-refractivity contribution in [1.82, 2.24) is 9.03 Å². The molecule has 8 heteroatoms. The van der Waals surface area contributed by atoms with Crippen molar-refractivity contribution in [3.05, 3.63) is 35.9 Å². The van der Waals surface area contributed by atoms with Crippen LogP contribution in [-0.4, -0.2) is 51.1 Å². The van der Waals surface area contributed by atoms with Crippen LogP contribution in [0.4, 0.5) is 0 Å². The molecule has 0 saturated carbocycles. The van der Waals surface area contributed by atoms with Crippen molar-refractivity contribution in [2.24, 2.45) is 0 Å². The summed E-state index contributed by atoms with van der Waals surface area (Å²) in [6.07, 6.45) is -0.0387. The summed E-state index contributed by atoms with van der Waals surface area (Å²) >= 11 is 0. The third-order valence-corrected chi connectivity index (χ3v) is 4.53. The quantitative estimate of drug-likeness (QED) is 0.661. The summed E-state index contributed by atoms with van der Waals surface area (Å²) in [5.74, 6) is -0.487. The highest BCUT2D eigenvalue weighted by atomic mass is 32.2. The third-order valence-electron chi connectivity index (χ3n) is 2.94. The van der Waals surface area contributed by atoms with Crippen LogP contribution in [0.5, 0.6) is 0 Å². The van der Waals surface area contributed by atoms with Gasteiger partial charge in [-0.05, 0) is 5.56 Å². The Morgan fingerprint density at radius 2 is 2.00 bits per heavy atom. The van der Waals surface area contributed by atoms with Gasteiger partial charge in [0.25, 0.3) is 10.2 Å². The molecule has 0 heterocycles. The summed E-state index contributed by atoms with van der Waals surface area (Å²) in [7, 11) is -1.21. The molecule has 1 aromatic rings. The smallest absolute Gasteiger partial charge is 0.306 e. The topological polar surface area (TPSA) is 95.9 Å². The number of rotatable bonds is 8. The molecule has 2 N–H and O–H groups in total. The molecule has 0 fully saturated rings. The molecule has 0 radical (unpaired) electrons. The van der Waals surface area contributed by atoms with Gasteiger partial charge in [0, 0.05) is 13.6 Å². The molecule has 21 heavy (non-hydrogen) atoms. The van der Waals surface area contributed by atoms with Crippen LogP contribution >= 0.6 is 0 Å². The van der Waals surface area contributed by atoms with Crippen LogP contribution in [0.15, 0.2) is 30.3 Å². The number of ether oxygens (including phenoxy) is 1. The van der Waals surface area contributed by atoms with Gasteiger partial charge in [-0.1, -0.05) is 30.3 Å². The fourth-order valence-electron chi connectivity index (χ4n) is 1.64. The first kappa shape index (κ1) is 17.6. The molecule has 1 rings (SSSR count). The highest BCUT2D eigenvalue weighted by molar-refractivity contribution is 7.87. The minimum atomic E-state index is -3.81. The van der Waals surface area contributed by atoms with Gasteiger partial charge in [-0.2, -0.15) is 17.4 Å². The highest BCUT2D eigenvalue weighted by Gasteiger charge is 2.23. The first-order valence-corrected chi connectivity index (χ1v) is 7.81. The Hall–Kier alpha value is -1.48. The summed E-state index contributed by atoms with van der Waals surface area (Å²) < 4.78 is 32.1. The van der Waals surface area contributed by atoms with E-state index < -0.39 is 22.2 Å². The number of aliphatic hydroxyl groups is 1. The Morgan fingerprint density at radius 1 is 1.38 bits per heavy atom. The Labute approximate surface area is 124 Å². The molecule has 118 valence electrons. The zero-order valence-corrected chi connectivity index (χ0v) is 12.8. The largest absolute Gasteiger partial charge is 0.469 e. The van der Waals surface area contributed by atoms with Crippen molar-refractivity contribution in [2.45, 2.75) is 12.5 Å². The number of carbonyl (C=O) groups excluding carboxylic acids is 1. The van der Waals surface area contributed by atoms with Gasteiger partial charge in [-0.15, -0.1) is 0 Å². The lowest BCUT2D eigenvalue weighted by molar-refractivity contribution is -0.140. The van der Waals surface area contributed by atoms with E-state index in [4.69, 9.17) is 0 Å². The predicted molar refractivity (Wildman–Crippen MR) is 77.6 cm³/mol. The molecular weight excluding hydrogens is 296 g/mol. The van der Waals surface area contributed by atoms with Crippen molar-refractivity contribution in [3.8, 4) is 0 Å². The third kappa shape index (κ3) is 5.43. The Kier molecular flexibility index (Phi) is 6.76. The van der Waals surface area contributed by atoms with Gasteiger partial charge < -0.3 is 9.84 Å². The molecule has 0 aliphatic carbocycles. The number of carbonyl (C=O) groups is 1. The van der Waals surface area contributed by atoms with Crippen molar-refractivity contribution in [3.63, 3.8) is 0 Å². The number of aliphatic hydroxyl groups excluding tert-OH is 1. The second kappa shape index (κ2) is 8.08. The maximum Gasteiger partial charge on any atom is 0.306 e. The molecule has 0 amide bonds. The standard InChI is InChI=1S/C13H20N2O5S/c1-15(9-8-13(17)20-2)21(18,19)14-12(10-16)11-6-4-3-5-7-11/h3-7,12,14,16H,8-10H2,1-2H3. The molecule has 7 nitrogen and oxygen atoms in total. The Balaban J connectivity index is 2.71. The maximum absolute atomic E-state index is 12.1. The Morgan fingerprint density at radius 3 is 2.52 bits per heavy atom. The number of hydrogen-bond donors (Lipinski definition) is 2. The second-order valence-electron chi connectivity index (χ2n) is 4.42. The molecule has 1 aromatic carbocycles. The molecule has 0 spiro atoms. The summed E-state index contributed by atoms with van der Waals surface area (Å²) in [5.41, 5.74) is 0.657. The van der Waals surface area contributed by atoms with E-state index in [0.29, 0.717) is 5.56 Å². The van der Waals surface area contributed by atoms with Crippen LogP contribution < -0.4 is 4.72 Å². The fourth-order valence-corrected chi connectivity index (χ4v) is 2.72. The zero-order chi connectivity index (χ0) is 15.9. The number of methoxy groups -OCH3 is 1. The molecule has 1 atom stereocenters. The average molecular weight is 316 g/mol. The second-order valence-corrected chi connectivity index (χ2v) is 6.23. The minimum absolute atomic E-state index is 0.00501. The van der Waals surface area contributed by atoms with Crippen molar-refractivity contribution >= 4 is 16.2 Å². The van der Waals surface area contributed by atoms with Crippen molar-refractivity contribution < 1.29 is 23.1 Å². The van der Waals surface area contributed by atoms with Gasteiger partial charge >= 0.3 is 5.97 Å². The summed E-state index contributed by atoms with van der Waals surface area (Å²) in [6.45, 7) is -0.372. The van der Waals surface area contributed by atoms with E-state index in [1.807, 2.05) is 0 Å². The highest BCUT2D eigenvalue weighted by Crippen LogP contribution is 2.13. The zero-order valence-electron chi connectivity index (χ0n) is 12.0. The maximum atomic E-state index is 12.1. The SMILES string of the molecule is COC(=O)CCN(C)S(=O)(=O)NC(CO)c1ccccc1. The van der Waals surface area contributed by atoms with Crippen LogP contribution in [0.1, 0.15) is 18.0 Å². The number of nitrogens with one attached hydrogen (secondary N) is 1. The predicted octanol–water partition coefficient (Wildman–Crippen LogP) is 0.0493. The number of nitrogens with zero attached hydrogens (tertiary/aromatic N) is 1. The van der Waals surface area contributed by atoms with Crippen LogP contribution in [0, 0.1) is 0 Å². The Bertz CT molecular complexity index is 547. The average Bonchev–Trinajstić information content (AvgIpc) is 2.50. The molecule has 0 saturated heterocycles. The molecule has 1 unspecified atom stereocenters. The lowest BCUT2D eigenvalue weighted by atomic mass is 10.1. The summed E-state index contributed by atoms with van der Waals surface area (Å²) in [4.78, 5) is 11.0. The van der Waals surface area contributed by atoms with Crippen LogP contribution in [0.25, 0.3) is 0 Å². The van der Waals surface area contributed by atoms with E-state index in [0.717, 1.165) is 4.31 Å². The van der Waals surface area contributed by atoms with E-state index in [1.54, 1.807) is 30.3 Å². The van der Waals surface area contributed by atoms with Crippen LogP contribution in [0.2, 0.25) is 0 Å². The van der Waals surface area contributed by atoms with Gasteiger partial charge in [0.1, 0.15) is 0 Å². The van der Waals surface area contributed by atoms with E-state index in [-0.39, 0.29) is 19.6 Å². The first-order chi connectivity index (χ1) is 9.90. The molecule has 0 aliphatic rings. The van der Waals surface area contributed by atoms with Crippen LogP contribution in [-0.2, 0) is 19.7 Å². The molecule has 0 aliphatic heterocycles. The lowest BCUT2D eigenvalue weighted by Crippen LogP contribution is -2.42. The van der Waals surface area contributed by atoms with Gasteiger partial charge in [-0.3, -0.25) is 4.79 Å². The normalized spacial score (nSPS) is 13.1. The minimum Gasteiger partial charge on any atom is -0.469 e. The number of hydrogen-bond acceptors (Lipinski definition) is 5. The van der Waals surface area contributed by atoms with Crippen LogP contribution in [0.3, 0.4) is 0 Å². The van der Waals surface area contributed by atoms with E-state index in [9.17, 15) is 18.3 Å². The number of esters is 1.